The summed E-state index contributed by atoms with van der Waals surface area (Å²) in [4.78, 5) is 16.4. The molecule has 0 fully saturated rings. The third-order valence-corrected chi connectivity index (χ3v) is 3.17. The lowest BCUT2D eigenvalue weighted by Gasteiger charge is -2.05. The van der Waals surface area contributed by atoms with Crippen LogP contribution in [0.15, 0.2) is 47.5 Å². The molecule has 0 amide bonds. The van der Waals surface area contributed by atoms with Gasteiger partial charge in [-0.25, -0.2) is 4.98 Å². The number of hydrogen-bond acceptors (Lipinski definition) is 4. The highest BCUT2D eigenvalue weighted by Gasteiger charge is 2.02. The van der Waals surface area contributed by atoms with E-state index in [4.69, 9.17) is 4.74 Å². The van der Waals surface area contributed by atoms with Gasteiger partial charge in [0.1, 0.15) is 5.75 Å². The van der Waals surface area contributed by atoms with E-state index in [1.807, 2.05) is 30.5 Å². The van der Waals surface area contributed by atoms with Crippen molar-refractivity contribution in [2.75, 3.05) is 6.26 Å². The third kappa shape index (κ3) is 3.11. The van der Waals surface area contributed by atoms with Crippen LogP contribution in [0.1, 0.15) is 17.3 Å². The van der Waals surface area contributed by atoms with Crippen LogP contribution in [0, 0.1) is 0 Å². The van der Waals surface area contributed by atoms with Crippen molar-refractivity contribution in [1.82, 2.24) is 4.98 Å². The summed E-state index contributed by atoms with van der Waals surface area (Å²) in [5, 5.41) is 0. The van der Waals surface area contributed by atoms with Crippen molar-refractivity contribution < 1.29 is 9.53 Å². The van der Waals surface area contributed by atoms with Gasteiger partial charge in [0.25, 0.3) is 0 Å². The van der Waals surface area contributed by atoms with E-state index < -0.39 is 0 Å². The van der Waals surface area contributed by atoms with Gasteiger partial charge in [-0.3, -0.25) is 4.79 Å². The third-order valence-electron chi connectivity index (χ3n) is 2.42. The zero-order valence-electron chi connectivity index (χ0n) is 10.2. The molecule has 1 aromatic carbocycles. The van der Waals surface area contributed by atoms with Gasteiger partial charge in [-0.15, -0.1) is 11.8 Å². The van der Waals surface area contributed by atoms with Crippen molar-refractivity contribution in [3.8, 4) is 11.6 Å². The molecule has 1 heterocycles. The Balaban J connectivity index is 2.10. The minimum atomic E-state index is -0.00151. The first-order valence-electron chi connectivity index (χ1n) is 5.48. The standard InChI is InChI=1S/C14H13NO2S/c1-10(16)11-3-8-14(15-9-11)17-12-4-6-13(18-2)7-5-12/h3-9H,1-2H3. The molecule has 2 aromatic rings. The van der Waals surface area contributed by atoms with Gasteiger partial charge >= 0.3 is 0 Å². The molecule has 4 heteroatoms. The molecule has 1 aromatic heterocycles. The molecule has 0 aliphatic rings. The number of nitrogens with zero attached hydrogens (tertiary/aromatic N) is 1. The number of carbonyl (C=O) groups is 1. The topological polar surface area (TPSA) is 39.2 Å². The maximum absolute atomic E-state index is 11.1. The lowest BCUT2D eigenvalue weighted by atomic mass is 10.2. The quantitative estimate of drug-likeness (QED) is 0.618. The number of thioether (sulfide) groups is 1. The first kappa shape index (κ1) is 12.6. The van der Waals surface area contributed by atoms with Crippen molar-refractivity contribution in [3.05, 3.63) is 48.2 Å². The van der Waals surface area contributed by atoms with Crippen LogP contribution in [0.2, 0.25) is 0 Å². The zero-order chi connectivity index (χ0) is 13.0. The Morgan fingerprint density at radius 3 is 2.39 bits per heavy atom. The van der Waals surface area contributed by atoms with Gasteiger partial charge in [0.05, 0.1) is 0 Å². The molecule has 0 unspecified atom stereocenters. The Hall–Kier alpha value is -1.81. The smallest absolute Gasteiger partial charge is 0.219 e. The molecule has 0 saturated carbocycles. The molecule has 0 bridgehead atoms. The maximum Gasteiger partial charge on any atom is 0.219 e. The molecule has 0 saturated heterocycles. The van der Waals surface area contributed by atoms with Crippen LogP contribution in [0.25, 0.3) is 0 Å². The summed E-state index contributed by atoms with van der Waals surface area (Å²) < 4.78 is 5.58. The largest absolute Gasteiger partial charge is 0.439 e. The molecule has 0 N–H and O–H groups in total. The molecular weight excluding hydrogens is 246 g/mol. The second-order valence-electron chi connectivity index (χ2n) is 3.72. The summed E-state index contributed by atoms with van der Waals surface area (Å²) >= 11 is 1.68. The molecule has 0 spiro atoms. The molecule has 0 aliphatic carbocycles. The summed E-state index contributed by atoms with van der Waals surface area (Å²) in [5.74, 6) is 1.21. The predicted molar refractivity (Wildman–Crippen MR) is 72.5 cm³/mol. The minimum Gasteiger partial charge on any atom is -0.439 e. The molecule has 92 valence electrons. The van der Waals surface area contributed by atoms with Crippen molar-refractivity contribution >= 4 is 17.5 Å². The Bertz CT molecular complexity index is 535. The second kappa shape index (κ2) is 5.69. The summed E-state index contributed by atoms with van der Waals surface area (Å²) in [6, 6.07) is 11.2. The van der Waals surface area contributed by atoms with E-state index in [0.29, 0.717) is 11.4 Å². The molecule has 0 aliphatic heterocycles. The number of pyridine rings is 1. The van der Waals surface area contributed by atoms with E-state index in [0.717, 1.165) is 5.75 Å². The van der Waals surface area contributed by atoms with Crippen LogP contribution < -0.4 is 4.74 Å². The second-order valence-corrected chi connectivity index (χ2v) is 4.60. The van der Waals surface area contributed by atoms with Crippen molar-refractivity contribution in [2.24, 2.45) is 0 Å². The normalized spacial score (nSPS) is 10.1. The summed E-state index contributed by atoms with van der Waals surface area (Å²) in [6.45, 7) is 1.51. The van der Waals surface area contributed by atoms with E-state index in [1.165, 1.54) is 18.0 Å². The van der Waals surface area contributed by atoms with Crippen LogP contribution in [-0.4, -0.2) is 17.0 Å². The SMILES string of the molecule is CSc1ccc(Oc2ccc(C(C)=O)cn2)cc1. The van der Waals surface area contributed by atoms with Crippen LogP contribution in [0.4, 0.5) is 0 Å². The fourth-order valence-corrected chi connectivity index (χ4v) is 1.82. The molecule has 0 radical (unpaired) electrons. The number of carbonyl (C=O) groups excluding carboxylic acids is 1. The lowest BCUT2D eigenvalue weighted by molar-refractivity contribution is 0.101. The fraction of sp³-hybridized carbons (Fsp3) is 0.143. The number of aromatic nitrogens is 1. The Morgan fingerprint density at radius 2 is 1.89 bits per heavy atom. The number of rotatable bonds is 4. The maximum atomic E-state index is 11.1. The number of ether oxygens (including phenoxy) is 1. The van der Waals surface area contributed by atoms with Crippen LogP contribution in [0.5, 0.6) is 11.6 Å². The highest BCUT2D eigenvalue weighted by molar-refractivity contribution is 7.98. The van der Waals surface area contributed by atoms with E-state index in [9.17, 15) is 4.79 Å². The number of hydrogen-bond donors (Lipinski definition) is 0. The first-order valence-corrected chi connectivity index (χ1v) is 6.70. The molecule has 0 atom stereocenters. The van der Waals surface area contributed by atoms with Crippen LogP contribution in [-0.2, 0) is 0 Å². The summed E-state index contributed by atoms with van der Waals surface area (Å²) in [5.41, 5.74) is 0.583. The van der Waals surface area contributed by atoms with Crippen LogP contribution in [0.3, 0.4) is 0 Å². The van der Waals surface area contributed by atoms with Gasteiger partial charge in [-0.05, 0) is 43.5 Å². The van der Waals surface area contributed by atoms with E-state index >= 15 is 0 Å². The minimum absolute atomic E-state index is 0.00151. The van der Waals surface area contributed by atoms with Gasteiger partial charge in [0.15, 0.2) is 5.78 Å². The van der Waals surface area contributed by atoms with E-state index in [2.05, 4.69) is 4.98 Å². The van der Waals surface area contributed by atoms with Crippen molar-refractivity contribution in [2.45, 2.75) is 11.8 Å². The van der Waals surface area contributed by atoms with Crippen LogP contribution >= 0.6 is 11.8 Å². The van der Waals surface area contributed by atoms with E-state index in [-0.39, 0.29) is 5.78 Å². The van der Waals surface area contributed by atoms with Crippen molar-refractivity contribution in [3.63, 3.8) is 0 Å². The molecular formula is C14H13NO2S. The number of ketones is 1. The highest BCUT2D eigenvalue weighted by Crippen LogP contribution is 2.23. The molecule has 18 heavy (non-hydrogen) atoms. The van der Waals surface area contributed by atoms with E-state index in [1.54, 1.807) is 23.9 Å². The predicted octanol–water partition coefficient (Wildman–Crippen LogP) is 3.80. The summed E-state index contributed by atoms with van der Waals surface area (Å²) in [6.07, 6.45) is 3.55. The van der Waals surface area contributed by atoms with Gasteiger partial charge < -0.3 is 4.74 Å². The Kier molecular flexibility index (Phi) is 3.99. The molecule has 3 nitrogen and oxygen atoms in total. The first-order chi connectivity index (χ1) is 8.69. The number of benzene rings is 1. The zero-order valence-corrected chi connectivity index (χ0v) is 11.0. The van der Waals surface area contributed by atoms with Gasteiger partial charge in [0.2, 0.25) is 5.88 Å². The van der Waals surface area contributed by atoms with Crippen molar-refractivity contribution in [1.29, 1.82) is 0 Å². The summed E-state index contributed by atoms with van der Waals surface area (Å²) in [7, 11) is 0. The lowest BCUT2D eigenvalue weighted by Crippen LogP contribution is -1.94. The monoisotopic (exact) mass is 259 g/mol. The Labute approximate surface area is 110 Å². The average molecular weight is 259 g/mol. The van der Waals surface area contributed by atoms with Gasteiger partial charge in [-0.2, -0.15) is 0 Å². The highest BCUT2D eigenvalue weighted by atomic mass is 32.2. The van der Waals surface area contributed by atoms with Gasteiger partial charge in [-0.1, -0.05) is 0 Å². The fourth-order valence-electron chi connectivity index (χ4n) is 1.41. The number of Topliss-reactive ketones (excluding diaryl/α,β-unsaturated/α-hetero) is 1. The molecule has 2 rings (SSSR count). The van der Waals surface area contributed by atoms with Gasteiger partial charge in [0, 0.05) is 22.7 Å². The average Bonchev–Trinajstić information content (AvgIpc) is 2.40. The Morgan fingerprint density at radius 1 is 1.17 bits per heavy atom.